The Hall–Kier alpha value is -3.03. The summed E-state index contributed by atoms with van der Waals surface area (Å²) in [4.78, 5) is 41.8. The minimum absolute atomic E-state index is 0.0320. The summed E-state index contributed by atoms with van der Waals surface area (Å²) in [5.41, 5.74) is 1.86. The normalized spacial score (nSPS) is 14.3. The molecule has 0 aliphatic carbocycles. The molecular weight excluding hydrogens is 541 g/mol. The zero-order valence-corrected chi connectivity index (χ0v) is 26.7. The van der Waals surface area contributed by atoms with Crippen LogP contribution < -0.4 is 14.5 Å². The van der Waals surface area contributed by atoms with E-state index in [-0.39, 0.29) is 24.5 Å². The summed E-state index contributed by atoms with van der Waals surface area (Å²) in [6.45, 7) is 6.06. The molecule has 0 bridgehead atoms. The molecule has 1 atom stereocenters. The quantitative estimate of drug-likeness (QED) is 0.182. The molecule has 0 fully saturated rings. The molecule has 1 unspecified atom stereocenters. The van der Waals surface area contributed by atoms with Gasteiger partial charge in [0.05, 0.1) is 5.66 Å². The zero-order chi connectivity index (χ0) is 30.5. The van der Waals surface area contributed by atoms with Crippen molar-refractivity contribution in [3.05, 3.63) is 47.5 Å². The zero-order valence-electron chi connectivity index (χ0n) is 25.8. The Kier molecular flexibility index (Phi) is 10.5. The number of unbranched alkanes of at least 4 members (excludes halogenated alkanes) is 2. The van der Waals surface area contributed by atoms with E-state index in [4.69, 9.17) is 9.47 Å². The van der Waals surface area contributed by atoms with Crippen molar-refractivity contribution in [2.24, 2.45) is 0 Å². The van der Waals surface area contributed by atoms with Crippen LogP contribution in [-0.2, 0) is 18.9 Å². The Bertz CT molecular complexity index is 1230. The van der Waals surface area contributed by atoms with Crippen LogP contribution in [0.3, 0.4) is 0 Å². The molecule has 10 heteroatoms. The number of nitrogens with zero attached hydrogens (tertiary/aromatic N) is 3. The molecule has 1 amide bonds. The molecule has 0 saturated carbocycles. The van der Waals surface area contributed by atoms with E-state index in [1.165, 1.54) is 0 Å². The van der Waals surface area contributed by atoms with Crippen molar-refractivity contribution in [1.29, 1.82) is 0 Å². The molecule has 9 nitrogen and oxygen atoms in total. The maximum Gasteiger partial charge on any atom is 0.306 e. The van der Waals surface area contributed by atoms with Crippen molar-refractivity contribution in [3.8, 4) is 11.5 Å². The summed E-state index contributed by atoms with van der Waals surface area (Å²) in [6.07, 6.45) is 2.40. The molecule has 2 aromatic rings. The fraction of sp³-hybridized carbons (Fsp3) is 0.548. The van der Waals surface area contributed by atoms with E-state index in [0.29, 0.717) is 42.0 Å². The Morgan fingerprint density at radius 2 is 1.41 bits per heavy atom. The van der Waals surface area contributed by atoms with Crippen molar-refractivity contribution >= 4 is 30.6 Å². The lowest BCUT2D eigenvalue weighted by Crippen LogP contribution is -2.28. The first-order chi connectivity index (χ1) is 19.1. The maximum atomic E-state index is 14.0. The van der Waals surface area contributed by atoms with E-state index in [9.17, 15) is 19.0 Å². The Morgan fingerprint density at radius 3 is 1.90 bits per heavy atom. The van der Waals surface area contributed by atoms with Crippen molar-refractivity contribution in [2.75, 3.05) is 57.7 Å². The van der Waals surface area contributed by atoms with Gasteiger partial charge in [-0.15, -0.1) is 0 Å². The van der Waals surface area contributed by atoms with Gasteiger partial charge in [0.15, 0.2) is 0 Å². The van der Waals surface area contributed by atoms with E-state index in [1.54, 1.807) is 11.9 Å². The Labute approximate surface area is 244 Å². The van der Waals surface area contributed by atoms with Crippen LogP contribution in [-0.4, -0.2) is 75.2 Å². The summed E-state index contributed by atoms with van der Waals surface area (Å²) < 4.78 is 25.6. The second-order valence-corrected chi connectivity index (χ2v) is 14.7. The van der Waals surface area contributed by atoms with Crippen LogP contribution >= 0.6 is 7.37 Å². The first-order valence-electron chi connectivity index (χ1n) is 14.2. The van der Waals surface area contributed by atoms with Gasteiger partial charge in [-0.3, -0.25) is 14.2 Å². The molecule has 3 rings (SSSR count). The second kappa shape index (κ2) is 13.3. The smallest absolute Gasteiger partial charge is 0.306 e. The van der Waals surface area contributed by atoms with Gasteiger partial charge >= 0.3 is 5.97 Å². The highest BCUT2D eigenvalue weighted by atomic mass is 31.2. The molecular formula is C31H46N3O6P. The fourth-order valence-corrected chi connectivity index (χ4v) is 6.91. The van der Waals surface area contributed by atoms with Crippen LogP contribution in [0.4, 0.5) is 11.4 Å². The van der Waals surface area contributed by atoms with Crippen molar-refractivity contribution in [1.82, 2.24) is 4.90 Å². The number of fused-ring (bicyclic) bond motifs is 2. The second-order valence-electron chi connectivity index (χ2n) is 12.2. The molecule has 1 N–H and O–H groups in total. The third-order valence-corrected chi connectivity index (χ3v) is 9.33. The summed E-state index contributed by atoms with van der Waals surface area (Å²) in [5, 5.41) is 0. The lowest BCUT2D eigenvalue weighted by atomic mass is 9.98. The van der Waals surface area contributed by atoms with Gasteiger partial charge in [-0.2, -0.15) is 0 Å². The highest BCUT2D eigenvalue weighted by Crippen LogP contribution is 2.64. The monoisotopic (exact) mass is 587 g/mol. The molecule has 1 aliphatic rings. The minimum Gasteiger partial charge on any atom is -0.460 e. The highest BCUT2D eigenvalue weighted by molar-refractivity contribution is 7.58. The number of carbonyl (C=O) groups is 2. The molecule has 41 heavy (non-hydrogen) atoms. The number of esters is 1. The number of rotatable bonds is 12. The lowest BCUT2D eigenvalue weighted by Gasteiger charge is -2.33. The number of carbonyl (C=O) groups excluding carboxylic acids is 2. The largest absolute Gasteiger partial charge is 0.460 e. The minimum atomic E-state index is -3.87. The van der Waals surface area contributed by atoms with Crippen LogP contribution in [0.1, 0.15) is 69.7 Å². The van der Waals surface area contributed by atoms with Gasteiger partial charge in [0.2, 0.25) is 13.3 Å². The van der Waals surface area contributed by atoms with Crippen LogP contribution in [0.15, 0.2) is 36.4 Å². The van der Waals surface area contributed by atoms with Crippen LogP contribution in [0.5, 0.6) is 11.5 Å². The predicted octanol–water partition coefficient (Wildman–Crippen LogP) is 6.03. The number of anilines is 2. The van der Waals surface area contributed by atoms with Gasteiger partial charge < -0.3 is 29.1 Å². The van der Waals surface area contributed by atoms with E-state index < -0.39 is 18.6 Å². The van der Waals surface area contributed by atoms with E-state index in [2.05, 4.69) is 0 Å². The van der Waals surface area contributed by atoms with Crippen molar-refractivity contribution < 1.29 is 28.5 Å². The van der Waals surface area contributed by atoms with E-state index in [1.807, 2.05) is 95.2 Å². The average Bonchev–Trinajstić information content (AvgIpc) is 2.88. The molecule has 0 radical (unpaired) electrons. The number of benzene rings is 2. The van der Waals surface area contributed by atoms with Gasteiger partial charge in [0.25, 0.3) is 0 Å². The van der Waals surface area contributed by atoms with Gasteiger partial charge in [0, 0.05) is 95.4 Å². The standard InChI is InChI=1S/C31H46N3O6P/c1-31(2,3)40-29(36)12-10-9-11-18-34(8)28(35)17-19-41(37,38)30-24-15-13-22(32(4)5)20-26(24)39-27-21-23(33(6)7)14-16-25(27)30/h13-16,20-21,30H,9-12,17-19H2,1-8H3,(H,37,38). The molecule has 2 aromatic carbocycles. The van der Waals surface area contributed by atoms with Crippen molar-refractivity contribution in [3.63, 3.8) is 0 Å². The third kappa shape index (κ3) is 8.73. The first kappa shape index (κ1) is 32.5. The van der Waals surface area contributed by atoms with Gasteiger partial charge in [-0.25, -0.2) is 0 Å². The topological polar surface area (TPSA) is 99.6 Å². The third-order valence-electron chi connectivity index (χ3n) is 7.11. The summed E-state index contributed by atoms with van der Waals surface area (Å²) in [6, 6.07) is 11.3. The molecule has 0 aromatic heterocycles. The summed E-state index contributed by atoms with van der Waals surface area (Å²) >= 11 is 0. The van der Waals surface area contributed by atoms with E-state index >= 15 is 0 Å². The highest BCUT2D eigenvalue weighted by Gasteiger charge is 2.41. The fourth-order valence-electron chi connectivity index (χ4n) is 4.84. The Balaban J connectivity index is 1.67. The molecule has 1 heterocycles. The maximum absolute atomic E-state index is 14.0. The first-order valence-corrected chi connectivity index (χ1v) is 16.1. The SMILES string of the molecule is CN(CCCCCC(=O)OC(C)(C)C)C(=O)CCP(=O)(O)C1c2ccc(N(C)C)cc2Oc2cc(N(C)C)ccc21. The lowest BCUT2D eigenvalue weighted by molar-refractivity contribution is -0.155. The van der Waals surface area contributed by atoms with Crippen LogP contribution in [0.25, 0.3) is 0 Å². The number of hydrogen-bond acceptors (Lipinski definition) is 7. The summed E-state index contributed by atoms with van der Waals surface area (Å²) in [5.74, 6) is 0.708. The summed E-state index contributed by atoms with van der Waals surface area (Å²) in [7, 11) is 5.56. The molecule has 226 valence electrons. The van der Waals surface area contributed by atoms with Gasteiger partial charge in [-0.1, -0.05) is 18.6 Å². The van der Waals surface area contributed by atoms with Crippen LogP contribution in [0.2, 0.25) is 0 Å². The van der Waals surface area contributed by atoms with Crippen molar-refractivity contribution in [2.45, 2.75) is 64.1 Å². The van der Waals surface area contributed by atoms with Crippen LogP contribution in [0, 0.1) is 0 Å². The number of amides is 1. The van der Waals surface area contributed by atoms with Gasteiger partial charge in [-0.05, 0) is 45.7 Å². The molecule has 0 spiro atoms. The predicted molar refractivity (Wildman–Crippen MR) is 165 cm³/mol. The average molecular weight is 588 g/mol. The molecule has 1 aliphatic heterocycles. The van der Waals surface area contributed by atoms with Gasteiger partial charge in [0.1, 0.15) is 17.1 Å². The Morgan fingerprint density at radius 1 is 0.878 bits per heavy atom. The molecule has 0 saturated heterocycles. The number of hydrogen-bond donors (Lipinski definition) is 1. The number of ether oxygens (including phenoxy) is 2. The van der Waals surface area contributed by atoms with E-state index in [0.717, 1.165) is 24.2 Å².